The number of ether oxygens (including phenoxy) is 3. The number of aliphatic hydroxyl groups excluding tert-OH is 1. The van der Waals surface area contributed by atoms with Gasteiger partial charge in [0.2, 0.25) is 0 Å². The molecular weight excluding hydrogens is 336 g/mol. The van der Waals surface area contributed by atoms with Gasteiger partial charge in [-0.3, -0.25) is 9.69 Å². The minimum atomic E-state index is -0.0566. The molecule has 3 rings (SSSR count). The Balaban J connectivity index is 1.52. The van der Waals surface area contributed by atoms with E-state index < -0.39 is 0 Å². The number of methoxy groups -OCH3 is 1. The summed E-state index contributed by atoms with van der Waals surface area (Å²) in [5, 5.41) is 9.71. The number of para-hydroxylation sites is 2. The largest absolute Gasteiger partial charge is 0.493 e. The third kappa shape index (κ3) is 4.66. The second-order valence-electron chi connectivity index (χ2n) is 6.85. The van der Waals surface area contributed by atoms with Crippen molar-refractivity contribution in [1.29, 1.82) is 0 Å². The molecule has 2 saturated heterocycles. The van der Waals surface area contributed by atoms with Crippen LogP contribution in [0.3, 0.4) is 0 Å². The third-order valence-corrected chi connectivity index (χ3v) is 5.18. The van der Waals surface area contributed by atoms with Crippen LogP contribution in [-0.2, 0) is 9.53 Å². The molecule has 0 aromatic heterocycles. The number of morpholine rings is 1. The van der Waals surface area contributed by atoms with Crippen molar-refractivity contribution in [1.82, 2.24) is 9.80 Å². The maximum Gasteiger partial charge on any atom is 0.260 e. The highest BCUT2D eigenvalue weighted by atomic mass is 16.5. The van der Waals surface area contributed by atoms with Gasteiger partial charge in [-0.25, -0.2) is 0 Å². The van der Waals surface area contributed by atoms with E-state index in [2.05, 4.69) is 4.90 Å². The fraction of sp³-hybridized carbons (Fsp3) is 0.632. The van der Waals surface area contributed by atoms with Crippen LogP contribution in [0.4, 0.5) is 0 Å². The molecule has 7 nitrogen and oxygen atoms in total. The van der Waals surface area contributed by atoms with Crippen LogP contribution in [0.2, 0.25) is 0 Å². The summed E-state index contributed by atoms with van der Waals surface area (Å²) in [4.78, 5) is 16.7. The molecule has 1 amide bonds. The van der Waals surface area contributed by atoms with Crippen molar-refractivity contribution in [2.75, 3.05) is 66.3 Å². The van der Waals surface area contributed by atoms with Gasteiger partial charge in [-0.1, -0.05) is 12.1 Å². The van der Waals surface area contributed by atoms with Crippen LogP contribution >= 0.6 is 0 Å². The molecule has 7 heteroatoms. The second-order valence-corrected chi connectivity index (χ2v) is 6.85. The summed E-state index contributed by atoms with van der Waals surface area (Å²) in [6.45, 7) is 5.56. The van der Waals surface area contributed by atoms with Crippen LogP contribution in [0.1, 0.15) is 0 Å². The van der Waals surface area contributed by atoms with Crippen molar-refractivity contribution >= 4 is 5.91 Å². The predicted molar refractivity (Wildman–Crippen MR) is 96.4 cm³/mol. The van der Waals surface area contributed by atoms with Crippen LogP contribution in [-0.4, -0.2) is 87.1 Å². The molecule has 0 unspecified atom stereocenters. The second kappa shape index (κ2) is 9.21. The molecule has 0 bridgehead atoms. The molecule has 2 aliphatic rings. The SMILES string of the molecule is COc1ccccc1OCC(=O)N1C[C@@H](CN2CCOCC2)[C@@H](CO)C1. The van der Waals surface area contributed by atoms with Crippen molar-refractivity contribution in [3.8, 4) is 11.5 Å². The molecule has 1 aromatic carbocycles. The minimum absolute atomic E-state index is 0.0250. The maximum absolute atomic E-state index is 12.6. The lowest BCUT2D eigenvalue weighted by molar-refractivity contribution is -0.132. The number of nitrogens with zero attached hydrogens (tertiary/aromatic N) is 2. The van der Waals surface area contributed by atoms with Gasteiger partial charge in [0.1, 0.15) is 0 Å². The summed E-state index contributed by atoms with van der Waals surface area (Å²) >= 11 is 0. The van der Waals surface area contributed by atoms with Gasteiger partial charge in [0, 0.05) is 45.2 Å². The van der Waals surface area contributed by atoms with Gasteiger partial charge < -0.3 is 24.2 Å². The molecule has 2 aliphatic heterocycles. The van der Waals surface area contributed by atoms with Gasteiger partial charge in [-0.05, 0) is 18.1 Å². The van der Waals surface area contributed by atoms with E-state index in [1.807, 2.05) is 12.1 Å². The molecule has 0 saturated carbocycles. The summed E-state index contributed by atoms with van der Waals surface area (Å²) in [6, 6.07) is 7.29. The Hall–Kier alpha value is -1.83. The smallest absolute Gasteiger partial charge is 0.260 e. The fourth-order valence-corrected chi connectivity index (χ4v) is 3.64. The molecule has 2 atom stereocenters. The Labute approximate surface area is 154 Å². The van der Waals surface area contributed by atoms with E-state index in [1.165, 1.54) is 0 Å². The fourth-order valence-electron chi connectivity index (χ4n) is 3.64. The normalized spacial score (nSPS) is 23.8. The van der Waals surface area contributed by atoms with Gasteiger partial charge in [0.15, 0.2) is 18.1 Å². The summed E-state index contributed by atoms with van der Waals surface area (Å²) in [6.07, 6.45) is 0. The maximum atomic E-state index is 12.6. The highest BCUT2D eigenvalue weighted by Crippen LogP contribution is 2.27. The first kappa shape index (κ1) is 18.9. The van der Waals surface area contributed by atoms with Crippen LogP contribution in [0, 0.1) is 11.8 Å². The van der Waals surface area contributed by atoms with E-state index in [-0.39, 0.29) is 31.0 Å². The number of benzene rings is 1. The third-order valence-electron chi connectivity index (χ3n) is 5.18. The Morgan fingerprint density at radius 3 is 2.58 bits per heavy atom. The lowest BCUT2D eigenvalue weighted by atomic mass is 9.96. The number of hydrogen-bond acceptors (Lipinski definition) is 6. The van der Waals surface area contributed by atoms with E-state index in [1.54, 1.807) is 24.1 Å². The molecular formula is C19H28N2O5. The molecule has 0 aliphatic carbocycles. The number of hydrogen-bond donors (Lipinski definition) is 1. The van der Waals surface area contributed by atoms with E-state index in [9.17, 15) is 9.90 Å². The Bertz CT molecular complexity index is 591. The van der Waals surface area contributed by atoms with Gasteiger partial charge >= 0.3 is 0 Å². The summed E-state index contributed by atoms with van der Waals surface area (Å²) < 4.78 is 16.3. The van der Waals surface area contributed by atoms with Crippen molar-refractivity contribution in [2.24, 2.45) is 11.8 Å². The highest BCUT2D eigenvalue weighted by molar-refractivity contribution is 5.78. The average Bonchev–Trinajstić information content (AvgIpc) is 3.10. The molecule has 2 fully saturated rings. The Kier molecular flexibility index (Phi) is 6.71. The van der Waals surface area contributed by atoms with E-state index in [0.717, 1.165) is 32.8 Å². The van der Waals surface area contributed by atoms with Crippen LogP contribution < -0.4 is 9.47 Å². The number of carbonyl (C=O) groups is 1. The topological polar surface area (TPSA) is 71.5 Å². The Morgan fingerprint density at radius 2 is 1.88 bits per heavy atom. The number of likely N-dealkylation sites (tertiary alicyclic amines) is 1. The number of carbonyl (C=O) groups excluding carboxylic acids is 1. The van der Waals surface area contributed by atoms with Gasteiger partial charge in [-0.15, -0.1) is 0 Å². The first-order valence-corrected chi connectivity index (χ1v) is 9.15. The molecule has 26 heavy (non-hydrogen) atoms. The van der Waals surface area contributed by atoms with Crippen LogP contribution in [0.15, 0.2) is 24.3 Å². The zero-order chi connectivity index (χ0) is 18.4. The van der Waals surface area contributed by atoms with Crippen LogP contribution in [0.25, 0.3) is 0 Å². The molecule has 144 valence electrons. The summed E-state index contributed by atoms with van der Waals surface area (Å²) in [5.41, 5.74) is 0. The van der Waals surface area contributed by atoms with Crippen molar-refractivity contribution in [3.63, 3.8) is 0 Å². The first-order valence-electron chi connectivity index (χ1n) is 9.15. The molecule has 2 heterocycles. The molecule has 0 radical (unpaired) electrons. The minimum Gasteiger partial charge on any atom is -0.493 e. The standard InChI is InChI=1S/C19H28N2O5/c1-24-17-4-2-3-5-18(17)26-14-19(23)21-11-15(16(12-21)13-22)10-20-6-8-25-9-7-20/h2-5,15-16,22H,6-14H2,1H3/t15-,16-/m1/s1. The van der Waals surface area contributed by atoms with Crippen LogP contribution in [0.5, 0.6) is 11.5 Å². The number of aliphatic hydroxyl groups is 1. The lowest BCUT2D eigenvalue weighted by Crippen LogP contribution is -2.41. The van der Waals surface area contributed by atoms with Gasteiger partial charge in [0.05, 0.1) is 20.3 Å². The predicted octanol–water partition coefficient (Wildman–Crippen LogP) is 0.473. The van der Waals surface area contributed by atoms with Gasteiger partial charge in [0.25, 0.3) is 5.91 Å². The molecule has 0 spiro atoms. The molecule has 1 aromatic rings. The zero-order valence-corrected chi connectivity index (χ0v) is 15.3. The van der Waals surface area contributed by atoms with Crippen molar-refractivity contribution in [3.05, 3.63) is 24.3 Å². The van der Waals surface area contributed by atoms with Crippen molar-refractivity contribution in [2.45, 2.75) is 0 Å². The lowest BCUT2D eigenvalue weighted by Gasteiger charge is -2.30. The quantitative estimate of drug-likeness (QED) is 0.759. The summed E-state index contributed by atoms with van der Waals surface area (Å²) in [7, 11) is 1.58. The first-order chi connectivity index (χ1) is 12.7. The van der Waals surface area contributed by atoms with E-state index >= 15 is 0 Å². The number of amides is 1. The van der Waals surface area contributed by atoms with Gasteiger partial charge in [-0.2, -0.15) is 0 Å². The number of rotatable bonds is 7. The zero-order valence-electron chi connectivity index (χ0n) is 15.3. The monoisotopic (exact) mass is 364 g/mol. The molecule has 1 N–H and O–H groups in total. The highest BCUT2D eigenvalue weighted by Gasteiger charge is 2.36. The van der Waals surface area contributed by atoms with E-state index in [0.29, 0.717) is 24.6 Å². The van der Waals surface area contributed by atoms with E-state index in [4.69, 9.17) is 14.2 Å². The van der Waals surface area contributed by atoms with Crippen molar-refractivity contribution < 1.29 is 24.1 Å². The average molecular weight is 364 g/mol. The Morgan fingerprint density at radius 1 is 1.19 bits per heavy atom. The summed E-state index contributed by atoms with van der Waals surface area (Å²) in [5.74, 6) is 1.52.